The van der Waals surface area contributed by atoms with Crippen molar-refractivity contribution < 1.29 is 19.0 Å². The Kier molecular flexibility index (Phi) is 7.91. The SMILES string of the molecule is COc1ccc(CN2CCN(Cc3ccccc3C(=O)N=C(N)N)CC2)c(OC)c1OC. The second-order valence-corrected chi connectivity index (χ2v) is 7.54. The van der Waals surface area contributed by atoms with Crippen LogP contribution in [-0.4, -0.2) is 69.2 Å². The first kappa shape index (κ1) is 23.4. The van der Waals surface area contributed by atoms with Crippen molar-refractivity contribution in [2.24, 2.45) is 16.5 Å². The zero-order chi connectivity index (χ0) is 23.1. The molecule has 0 aromatic heterocycles. The molecule has 0 spiro atoms. The minimum Gasteiger partial charge on any atom is -0.493 e. The number of aliphatic imine (C=N–C) groups is 1. The molecule has 1 amide bonds. The molecule has 1 fully saturated rings. The van der Waals surface area contributed by atoms with E-state index >= 15 is 0 Å². The Morgan fingerprint density at radius 2 is 1.44 bits per heavy atom. The van der Waals surface area contributed by atoms with Gasteiger partial charge in [0.15, 0.2) is 17.5 Å². The maximum atomic E-state index is 12.3. The molecule has 9 heteroatoms. The third kappa shape index (κ3) is 5.49. The van der Waals surface area contributed by atoms with Crippen LogP contribution in [0, 0.1) is 0 Å². The number of nitrogens with two attached hydrogens (primary N) is 2. The van der Waals surface area contributed by atoms with Crippen LogP contribution < -0.4 is 25.7 Å². The summed E-state index contributed by atoms with van der Waals surface area (Å²) in [5.74, 6) is 1.30. The van der Waals surface area contributed by atoms with Gasteiger partial charge < -0.3 is 25.7 Å². The van der Waals surface area contributed by atoms with Crippen molar-refractivity contribution >= 4 is 11.9 Å². The number of ether oxygens (including phenoxy) is 3. The average Bonchev–Trinajstić information content (AvgIpc) is 2.79. The lowest BCUT2D eigenvalue weighted by Crippen LogP contribution is -2.45. The molecule has 0 atom stereocenters. The maximum Gasteiger partial charge on any atom is 0.280 e. The molecule has 0 saturated carbocycles. The Bertz CT molecular complexity index is 967. The fourth-order valence-electron chi connectivity index (χ4n) is 3.92. The summed E-state index contributed by atoms with van der Waals surface area (Å²) in [6.45, 7) is 4.94. The van der Waals surface area contributed by atoms with Crippen LogP contribution in [0.15, 0.2) is 41.4 Å². The Hall–Kier alpha value is -3.30. The molecule has 172 valence electrons. The highest BCUT2D eigenvalue weighted by Crippen LogP contribution is 2.40. The summed E-state index contributed by atoms with van der Waals surface area (Å²) < 4.78 is 16.5. The summed E-state index contributed by atoms with van der Waals surface area (Å²) in [4.78, 5) is 20.7. The van der Waals surface area contributed by atoms with E-state index in [0.29, 0.717) is 29.4 Å². The van der Waals surface area contributed by atoms with Crippen LogP contribution in [0.25, 0.3) is 0 Å². The molecule has 32 heavy (non-hydrogen) atoms. The van der Waals surface area contributed by atoms with Crippen LogP contribution in [0.3, 0.4) is 0 Å². The van der Waals surface area contributed by atoms with Crippen molar-refractivity contribution in [2.45, 2.75) is 13.1 Å². The van der Waals surface area contributed by atoms with Crippen molar-refractivity contribution in [3.8, 4) is 17.2 Å². The van der Waals surface area contributed by atoms with Gasteiger partial charge in [-0.1, -0.05) is 24.3 Å². The number of carbonyl (C=O) groups excluding carboxylic acids is 1. The quantitative estimate of drug-likeness (QED) is 0.467. The summed E-state index contributed by atoms with van der Waals surface area (Å²) >= 11 is 0. The van der Waals surface area contributed by atoms with Gasteiger partial charge in [0.1, 0.15) is 0 Å². The van der Waals surface area contributed by atoms with Gasteiger partial charge in [0.25, 0.3) is 5.91 Å². The van der Waals surface area contributed by atoms with E-state index in [-0.39, 0.29) is 5.96 Å². The Morgan fingerprint density at radius 1 is 0.844 bits per heavy atom. The lowest BCUT2D eigenvalue weighted by molar-refractivity contribution is 0.0996. The normalized spacial score (nSPS) is 14.6. The number of amides is 1. The highest BCUT2D eigenvalue weighted by Gasteiger charge is 2.22. The molecule has 2 aromatic rings. The third-order valence-electron chi connectivity index (χ3n) is 5.52. The first-order chi connectivity index (χ1) is 15.5. The van der Waals surface area contributed by atoms with E-state index in [9.17, 15) is 4.79 Å². The van der Waals surface area contributed by atoms with Gasteiger partial charge in [-0.3, -0.25) is 14.6 Å². The fourth-order valence-corrected chi connectivity index (χ4v) is 3.92. The van der Waals surface area contributed by atoms with Crippen LogP contribution >= 0.6 is 0 Å². The van der Waals surface area contributed by atoms with E-state index < -0.39 is 5.91 Å². The molecule has 1 saturated heterocycles. The minimum absolute atomic E-state index is 0.232. The van der Waals surface area contributed by atoms with E-state index in [1.54, 1.807) is 27.4 Å². The predicted octanol–water partition coefficient (Wildman–Crippen LogP) is 1.44. The van der Waals surface area contributed by atoms with Gasteiger partial charge in [0, 0.05) is 50.4 Å². The molecule has 4 N–H and O–H groups in total. The number of carbonyl (C=O) groups is 1. The van der Waals surface area contributed by atoms with Crippen LogP contribution in [0.5, 0.6) is 17.2 Å². The lowest BCUT2D eigenvalue weighted by Gasteiger charge is -2.35. The number of methoxy groups -OCH3 is 3. The maximum absolute atomic E-state index is 12.3. The first-order valence-electron chi connectivity index (χ1n) is 10.4. The minimum atomic E-state index is -0.417. The second kappa shape index (κ2) is 10.8. The topological polar surface area (TPSA) is 116 Å². The zero-order valence-corrected chi connectivity index (χ0v) is 18.8. The molecule has 1 heterocycles. The Morgan fingerprint density at radius 3 is 2.00 bits per heavy atom. The monoisotopic (exact) mass is 441 g/mol. The summed E-state index contributed by atoms with van der Waals surface area (Å²) in [5.41, 5.74) is 13.2. The van der Waals surface area contributed by atoms with Gasteiger partial charge in [0.05, 0.1) is 21.3 Å². The Labute approximate surface area is 188 Å². The third-order valence-corrected chi connectivity index (χ3v) is 5.52. The fraction of sp³-hybridized carbons (Fsp3) is 0.391. The summed E-state index contributed by atoms with van der Waals surface area (Å²) in [6, 6.07) is 11.3. The van der Waals surface area contributed by atoms with Gasteiger partial charge in [-0.05, 0) is 17.7 Å². The summed E-state index contributed by atoms with van der Waals surface area (Å²) in [5, 5.41) is 0. The molecular formula is C23H31N5O4. The number of hydrogen-bond acceptors (Lipinski definition) is 6. The summed E-state index contributed by atoms with van der Waals surface area (Å²) in [7, 11) is 4.86. The number of piperazine rings is 1. The number of rotatable bonds is 8. The van der Waals surface area contributed by atoms with E-state index in [1.807, 2.05) is 30.3 Å². The molecule has 0 radical (unpaired) electrons. The summed E-state index contributed by atoms with van der Waals surface area (Å²) in [6.07, 6.45) is 0. The smallest absolute Gasteiger partial charge is 0.280 e. The van der Waals surface area contributed by atoms with Crippen molar-refractivity contribution in [3.05, 3.63) is 53.1 Å². The predicted molar refractivity (Wildman–Crippen MR) is 123 cm³/mol. The first-order valence-corrected chi connectivity index (χ1v) is 10.4. The molecular weight excluding hydrogens is 410 g/mol. The van der Waals surface area contributed by atoms with E-state index in [2.05, 4.69) is 14.8 Å². The van der Waals surface area contributed by atoms with Crippen LogP contribution in [0.1, 0.15) is 21.5 Å². The van der Waals surface area contributed by atoms with Gasteiger partial charge in [-0.15, -0.1) is 0 Å². The van der Waals surface area contributed by atoms with Crippen molar-refractivity contribution in [1.82, 2.24) is 9.80 Å². The molecule has 1 aliphatic heterocycles. The highest BCUT2D eigenvalue weighted by atomic mass is 16.5. The number of hydrogen-bond donors (Lipinski definition) is 2. The molecule has 3 rings (SSSR count). The van der Waals surface area contributed by atoms with Gasteiger partial charge in [-0.25, -0.2) is 0 Å². The van der Waals surface area contributed by atoms with E-state index in [0.717, 1.165) is 43.9 Å². The second-order valence-electron chi connectivity index (χ2n) is 7.54. The van der Waals surface area contributed by atoms with Crippen LogP contribution in [0.2, 0.25) is 0 Å². The van der Waals surface area contributed by atoms with Gasteiger partial charge in [-0.2, -0.15) is 4.99 Å². The number of nitrogens with zero attached hydrogens (tertiary/aromatic N) is 3. The largest absolute Gasteiger partial charge is 0.493 e. The van der Waals surface area contributed by atoms with Crippen LogP contribution in [0.4, 0.5) is 0 Å². The number of guanidine groups is 1. The molecule has 2 aromatic carbocycles. The standard InChI is InChI=1S/C23H31N5O4/c1-30-19-9-8-17(20(31-2)21(19)32-3)15-28-12-10-27(11-13-28)14-16-6-4-5-7-18(16)22(29)26-23(24)25/h4-9H,10-15H2,1-3H3,(H4,24,25,26,29). The zero-order valence-electron chi connectivity index (χ0n) is 18.8. The van der Waals surface area contributed by atoms with Gasteiger partial charge in [0.2, 0.25) is 5.75 Å². The lowest BCUT2D eigenvalue weighted by atomic mass is 10.1. The van der Waals surface area contributed by atoms with E-state index in [1.165, 1.54) is 0 Å². The van der Waals surface area contributed by atoms with Crippen molar-refractivity contribution in [2.75, 3.05) is 47.5 Å². The molecule has 0 unspecified atom stereocenters. The molecule has 0 bridgehead atoms. The molecule has 0 aliphatic carbocycles. The van der Waals surface area contributed by atoms with E-state index in [4.69, 9.17) is 25.7 Å². The molecule has 9 nitrogen and oxygen atoms in total. The average molecular weight is 442 g/mol. The number of benzene rings is 2. The van der Waals surface area contributed by atoms with Gasteiger partial charge >= 0.3 is 0 Å². The Balaban J connectivity index is 1.64. The van der Waals surface area contributed by atoms with Crippen molar-refractivity contribution in [1.29, 1.82) is 0 Å². The van der Waals surface area contributed by atoms with Crippen LogP contribution in [-0.2, 0) is 13.1 Å². The van der Waals surface area contributed by atoms with Crippen molar-refractivity contribution in [3.63, 3.8) is 0 Å². The highest BCUT2D eigenvalue weighted by molar-refractivity contribution is 6.02. The molecule has 1 aliphatic rings.